The normalized spacial score (nSPS) is 9.88. The van der Waals surface area contributed by atoms with Gasteiger partial charge in [0.2, 0.25) is 0 Å². The van der Waals surface area contributed by atoms with Gasteiger partial charge in [0.25, 0.3) is 5.91 Å². The van der Waals surface area contributed by atoms with Crippen LogP contribution in [0, 0.1) is 0 Å². The van der Waals surface area contributed by atoms with Crippen LogP contribution < -0.4 is 4.72 Å². The van der Waals surface area contributed by atoms with Crippen molar-refractivity contribution in [3.05, 3.63) is 71.8 Å². The fourth-order valence-electron chi connectivity index (χ4n) is 1.41. The second-order valence-corrected chi connectivity index (χ2v) is 4.35. The van der Waals surface area contributed by atoms with Gasteiger partial charge < -0.3 is 0 Å². The van der Waals surface area contributed by atoms with Crippen molar-refractivity contribution in [3.8, 4) is 0 Å². The lowest BCUT2D eigenvalue weighted by molar-refractivity contribution is 0.0984. The Morgan fingerprint density at radius 1 is 0.941 bits per heavy atom. The molecule has 0 atom stereocenters. The number of rotatable bonds is 4. The molecule has 2 aromatic rings. The van der Waals surface area contributed by atoms with Crippen molar-refractivity contribution in [1.29, 1.82) is 0 Å². The average molecular weight is 243 g/mol. The molecule has 0 aliphatic rings. The molecule has 0 bridgehead atoms. The minimum Gasteiger partial charge on any atom is -0.296 e. The molecule has 2 nitrogen and oxygen atoms in total. The first-order chi connectivity index (χ1) is 8.36. The lowest BCUT2D eigenvalue weighted by Crippen LogP contribution is -2.15. The van der Waals surface area contributed by atoms with Gasteiger partial charge in [0.1, 0.15) is 0 Å². The molecule has 2 aromatic carbocycles. The highest BCUT2D eigenvalue weighted by Crippen LogP contribution is 2.09. The Morgan fingerprint density at radius 2 is 1.53 bits per heavy atom. The van der Waals surface area contributed by atoms with E-state index in [4.69, 9.17) is 0 Å². The number of hydrogen-bond acceptors (Lipinski definition) is 2. The lowest BCUT2D eigenvalue weighted by atomic mass is 10.2. The van der Waals surface area contributed by atoms with Crippen LogP contribution in [0.25, 0.3) is 0 Å². The summed E-state index contributed by atoms with van der Waals surface area (Å²) in [6.45, 7) is 0. The van der Waals surface area contributed by atoms with E-state index in [1.165, 1.54) is 17.5 Å². The van der Waals surface area contributed by atoms with Crippen LogP contribution in [0.3, 0.4) is 0 Å². The standard InChI is InChI=1S/C14H13NOS/c16-14(13-9-5-2-6-10-13)15-17-11-12-7-3-1-4-8-12/h1-10H,11H2,(H,15,16). The zero-order chi connectivity index (χ0) is 11.9. The Balaban J connectivity index is 1.82. The zero-order valence-corrected chi connectivity index (χ0v) is 10.1. The molecule has 0 radical (unpaired) electrons. The third kappa shape index (κ3) is 3.64. The Hall–Kier alpha value is -1.74. The number of benzene rings is 2. The third-order valence-corrected chi connectivity index (χ3v) is 3.09. The molecule has 3 heteroatoms. The van der Waals surface area contributed by atoms with Crippen LogP contribution in [0.2, 0.25) is 0 Å². The fourth-order valence-corrected chi connectivity index (χ4v) is 2.09. The molecular weight excluding hydrogens is 230 g/mol. The molecule has 0 aromatic heterocycles. The summed E-state index contributed by atoms with van der Waals surface area (Å²) < 4.78 is 2.83. The Bertz CT molecular complexity index is 470. The van der Waals surface area contributed by atoms with Gasteiger partial charge in [-0.2, -0.15) is 0 Å². The van der Waals surface area contributed by atoms with E-state index >= 15 is 0 Å². The number of amides is 1. The van der Waals surface area contributed by atoms with Crippen LogP contribution in [-0.4, -0.2) is 5.91 Å². The smallest absolute Gasteiger partial charge is 0.261 e. The van der Waals surface area contributed by atoms with E-state index in [1.807, 2.05) is 48.5 Å². The van der Waals surface area contributed by atoms with E-state index in [2.05, 4.69) is 4.72 Å². The van der Waals surface area contributed by atoms with Crippen LogP contribution in [0.15, 0.2) is 60.7 Å². The van der Waals surface area contributed by atoms with Gasteiger partial charge >= 0.3 is 0 Å². The summed E-state index contributed by atoms with van der Waals surface area (Å²) in [4.78, 5) is 11.7. The maximum atomic E-state index is 11.7. The Kier molecular flexibility index (Phi) is 4.22. The molecule has 0 spiro atoms. The molecular formula is C14H13NOS. The monoisotopic (exact) mass is 243 g/mol. The summed E-state index contributed by atoms with van der Waals surface area (Å²) in [5.74, 6) is 0.728. The molecule has 86 valence electrons. The Morgan fingerprint density at radius 3 is 2.18 bits per heavy atom. The molecule has 1 N–H and O–H groups in total. The van der Waals surface area contributed by atoms with E-state index < -0.39 is 0 Å². The lowest BCUT2D eigenvalue weighted by Gasteiger charge is -2.04. The first-order valence-corrected chi connectivity index (χ1v) is 6.36. The first-order valence-electron chi connectivity index (χ1n) is 5.37. The fraction of sp³-hybridized carbons (Fsp3) is 0.0714. The van der Waals surface area contributed by atoms with Gasteiger partial charge in [-0.15, -0.1) is 0 Å². The first kappa shape index (κ1) is 11.7. The minimum atomic E-state index is -0.0495. The number of nitrogens with one attached hydrogen (secondary N) is 1. The van der Waals surface area contributed by atoms with Crippen molar-refractivity contribution >= 4 is 17.9 Å². The summed E-state index contributed by atoms with van der Waals surface area (Å²) in [5, 5.41) is 0. The van der Waals surface area contributed by atoms with Crippen molar-refractivity contribution in [1.82, 2.24) is 4.72 Å². The molecule has 2 rings (SSSR count). The average Bonchev–Trinajstić information content (AvgIpc) is 2.41. The summed E-state index contributed by atoms with van der Waals surface area (Å²) >= 11 is 1.41. The summed E-state index contributed by atoms with van der Waals surface area (Å²) in [7, 11) is 0. The summed E-state index contributed by atoms with van der Waals surface area (Å²) in [6.07, 6.45) is 0. The van der Waals surface area contributed by atoms with Gasteiger partial charge in [-0.1, -0.05) is 48.5 Å². The maximum Gasteiger partial charge on any atom is 0.261 e. The second-order valence-electron chi connectivity index (χ2n) is 3.57. The van der Waals surface area contributed by atoms with Gasteiger partial charge in [-0.3, -0.25) is 9.52 Å². The van der Waals surface area contributed by atoms with Gasteiger partial charge in [-0.25, -0.2) is 0 Å². The van der Waals surface area contributed by atoms with Crippen LogP contribution >= 0.6 is 11.9 Å². The number of carbonyl (C=O) groups is 1. The van der Waals surface area contributed by atoms with Crippen LogP contribution in [-0.2, 0) is 5.75 Å². The molecule has 0 aliphatic carbocycles. The van der Waals surface area contributed by atoms with Crippen LogP contribution in [0.5, 0.6) is 0 Å². The van der Waals surface area contributed by atoms with Gasteiger partial charge in [0.05, 0.1) is 0 Å². The predicted octanol–water partition coefficient (Wildman–Crippen LogP) is 3.26. The molecule has 1 amide bonds. The van der Waals surface area contributed by atoms with E-state index in [-0.39, 0.29) is 5.91 Å². The molecule has 17 heavy (non-hydrogen) atoms. The van der Waals surface area contributed by atoms with E-state index in [0.29, 0.717) is 5.56 Å². The number of hydrogen-bond donors (Lipinski definition) is 1. The van der Waals surface area contributed by atoms with Gasteiger partial charge in [0.15, 0.2) is 0 Å². The SMILES string of the molecule is O=C(NSCc1ccccc1)c1ccccc1. The maximum absolute atomic E-state index is 11.7. The van der Waals surface area contributed by atoms with Crippen LogP contribution in [0.1, 0.15) is 15.9 Å². The minimum absolute atomic E-state index is 0.0495. The Labute approximate surface area is 105 Å². The largest absolute Gasteiger partial charge is 0.296 e. The highest BCUT2D eigenvalue weighted by atomic mass is 32.2. The summed E-state index contributed by atoms with van der Waals surface area (Å²) in [6, 6.07) is 19.3. The van der Waals surface area contributed by atoms with Crippen molar-refractivity contribution in [2.45, 2.75) is 5.75 Å². The van der Waals surface area contributed by atoms with Gasteiger partial charge in [0, 0.05) is 11.3 Å². The van der Waals surface area contributed by atoms with Crippen molar-refractivity contribution in [3.63, 3.8) is 0 Å². The van der Waals surface area contributed by atoms with E-state index in [9.17, 15) is 4.79 Å². The highest BCUT2D eigenvalue weighted by molar-refractivity contribution is 7.97. The van der Waals surface area contributed by atoms with E-state index in [0.717, 1.165) is 5.75 Å². The molecule has 0 unspecified atom stereocenters. The molecule has 0 heterocycles. The second kappa shape index (κ2) is 6.11. The van der Waals surface area contributed by atoms with Crippen LogP contribution in [0.4, 0.5) is 0 Å². The predicted molar refractivity (Wildman–Crippen MR) is 71.6 cm³/mol. The zero-order valence-electron chi connectivity index (χ0n) is 9.30. The number of carbonyl (C=O) groups excluding carboxylic acids is 1. The summed E-state index contributed by atoms with van der Waals surface area (Å²) in [5.41, 5.74) is 1.89. The molecule has 0 saturated carbocycles. The topological polar surface area (TPSA) is 29.1 Å². The quantitative estimate of drug-likeness (QED) is 0.835. The highest BCUT2D eigenvalue weighted by Gasteiger charge is 2.03. The van der Waals surface area contributed by atoms with Crippen molar-refractivity contribution in [2.24, 2.45) is 0 Å². The van der Waals surface area contributed by atoms with E-state index in [1.54, 1.807) is 12.1 Å². The molecule has 0 saturated heterocycles. The third-order valence-electron chi connectivity index (χ3n) is 2.28. The van der Waals surface area contributed by atoms with Gasteiger partial charge in [-0.05, 0) is 29.6 Å². The van der Waals surface area contributed by atoms with Crippen molar-refractivity contribution in [2.75, 3.05) is 0 Å². The molecule has 0 fully saturated rings. The van der Waals surface area contributed by atoms with Crippen molar-refractivity contribution < 1.29 is 4.79 Å². The molecule has 0 aliphatic heterocycles.